The summed E-state index contributed by atoms with van der Waals surface area (Å²) in [6.07, 6.45) is 5.43. The van der Waals surface area contributed by atoms with Gasteiger partial charge in [-0.15, -0.1) is 11.8 Å². The highest BCUT2D eigenvalue weighted by Crippen LogP contribution is 2.15. The predicted octanol–water partition coefficient (Wildman–Crippen LogP) is 2.78. The Bertz CT molecular complexity index is 519. The van der Waals surface area contributed by atoms with E-state index in [1.165, 1.54) is 0 Å². The standard InChI is InChI=1S/C15H17N3OS/c19-15(13-7-1-3-9-16-13)18-11-5-6-12-20-14-8-2-4-10-17-14/h1-4,7-10H,5-6,11-12H2,(H,18,19). The van der Waals surface area contributed by atoms with Crippen LogP contribution in [0.15, 0.2) is 53.8 Å². The number of thioether (sulfide) groups is 1. The fourth-order valence-electron chi connectivity index (χ4n) is 1.63. The van der Waals surface area contributed by atoms with Crippen molar-refractivity contribution in [2.45, 2.75) is 17.9 Å². The van der Waals surface area contributed by atoms with E-state index in [4.69, 9.17) is 0 Å². The van der Waals surface area contributed by atoms with Crippen molar-refractivity contribution >= 4 is 17.7 Å². The smallest absolute Gasteiger partial charge is 0.269 e. The number of rotatable bonds is 7. The molecule has 5 heteroatoms. The summed E-state index contributed by atoms with van der Waals surface area (Å²) < 4.78 is 0. The largest absolute Gasteiger partial charge is 0.351 e. The van der Waals surface area contributed by atoms with Crippen LogP contribution in [0.25, 0.3) is 0 Å². The van der Waals surface area contributed by atoms with Crippen LogP contribution >= 0.6 is 11.8 Å². The first kappa shape index (κ1) is 14.5. The fraction of sp³-hybridized carbons (Fsp3) is 0.267. The lowest BCUT2D eigenvalue weighted by Crippen LogP contribution is -2.25. The Kier molecular flexibility index (Phi) is 6.05. The molecule has 0 aliphatic heterocycles. The summed E-state index contributed by atoms with van der Waals surface area (Å²) in [5.41, 5.74) is 0.468. The van der Waals surface area contributed by atoms with Gasteiger partial charge in [0.2, 0.25) is 0 Å². The highest BCUT2D eigenvalue weighted by Gasteiger charge is 2.04. The SMILES string of the molecule is O=C(NCCCCSc1ccccn1)c1ccccn1. The van der Waals surface area contributed by atoms with Crippen molar-refractivity contribution in [1.29, 1.82) is 0 Å². The number of unbranched alkanes of at least 4 members (excludes halogenated alkanes) is 1. The zero-order valence-electron chi connectivity index (χ0n) is 11.2. The van der Waals surface area contributed by atoms with Crippen LogP contribution in [0.2, 0.25) is 0 Å². The number of aromatic nitrogens is 2. The topological polar surface area (TPSA) is 54.9 Å². The average molecular weight is 287 g/mol. The van der Waals surface area contributed by atoms with Crippen LogP contribution in [0, 0.1) is 0 Å². The zero-order chi connectivity index (χ0) is 14.0. The summed E-state index contributed by atoms with van der Waals surface area (Å²) in [4.78, 5) is 20.0. The quantitative estimate of drug-likeness (QED) is 0.628. The van der Waals surface area contributed by atoms with Gasteiger partial charge < -0.3 is 5.32 Å². The van der Waals surface area contributed by atoms with Crippen molar-refractivity contribution in [3.63, 3.8) is 0 Å². The molecule has 0 radical (unpaired) electrons. The van der Waals surface area contributed by atoms with E-state index in [0.717, 1.165) is 23.6 Å². The number of carbonyl (C=O) groups excluding carboxylic acids is 1. The molecule has 1 amide bonds. The molecule has 0 aliphatic carbocycles. The van der Waals surface area contributed by atoms with Gasteiger partial charge in [-0.25, -0.2) is 4.98 Å². The molecule has 0 bridgehead atoms. The summed E-state index contributed by atoms with van der Waals surface area (Å²) in [6, 6.07) is 11.2. The van der Waals surface area contributed by atoms with E-state index >= 15 is 0 Å². The van der Waals surface area contributed by atoms with E-state index in [1.54, 1.807) is 36.3 Å². The Balaban J connectivity index is 1.57. The fourth-order valence-corrected chi connectivity index (χ4v) is 2.49. The maximum atomic E-state index is 11.7. The zero-order valence-corrected chi connectivity index (χ0v) is 12.0. The van der Waals surface area contributed by atoms with Crippen LogP contribution in [-0.4, -0.2) is 28.2 Å². The summed E-state index contributed by atoms with van der Waals surface area (Å²) >= 11 is 1.74. The molecule has 0 unspecified atom stereocenters. The average Bonchev–Trinajstić information content (AvgIpc) is 2.52. The van der Waals surface area contributed by atoms with Gasteiger partial charge in [0.05, 0.1) is 5.03 Å². The van der Waals surface area contributed by atoms with Crippen molar-refractivity contribution in [1.82, 2.24) is 15.3 Å². The minimum absolute atomic E-state index is 0.108. The van der Waals surface area contributed by atoms with Gasteiger partial charge >= 0.3 is 0 Å². The van der Waals surface area contributed by atoms with Gasteiger partial charge in [-0.1, -0.05) is 12.1 Å². The predicted molar refractivity (Wildman–Crippen MR) is 80.8 cm³/mol. The van der Waals surface area contributed by atoms with E-state index in [1.807, 2.05) is 24.3 Å². The number of pyridine rings is 2. The first-order valence-corrected chi connectivity index (χ1v) is 7.58. The lowest BCUT2D eigenvalue weighted by molar-refractivity contribution is 0.0948. The normalized spacial score (nSPS) is 10.2. The monoisotopic (exact) mass is 287 g/mol. The molecule has 0 aliphatic rings. The number of amides is 1. The second-order valence-corrected chi connectivity index (χ2v) is 5.31. The third-order valence-corrected chi connectivity index (χ3v) is 3.67. The lowest BCUT2D eigenvalue weighted by atomic mass is 10.3. The molecule has 0 atom stereocenters. The first-order chi connectivity index (χ1) is 9.86. The van der Waals surface area contributed by atoms with E-state index in [-0.39, 0.29) is 5.91 Å². The van der Waals surface area contributed by atoms with E-state index in [2.05, 4.69) is 15.3 Å². The molecule has 2 aromatic rings. The van der Waals surface area contributed by atoms with E-state index in [9.17, 15) is 4.79 Å². The van der Waals surface area contributed by atoms with Gasteiger partial charge in [-0.3, -0.25) is 9.78 Å². The maximum absolute atomic E-state index is 11.7. The molecular weight excluding hydrogens is 270 g/mol. The van der Waals surface area contributed by atoms with E-state index < -0.39 is 0 Å². The molecule has 0 saturated heterocycles. The van der Waals surface area contributed by atoms with Crippen LogP contribution in [0.1, 0.15) is 23.3 Å². The Morgan fingerprint density at radius 3 is 2.55 bits per heavy atom. The van der Waals surface area contributed by atoms with Crippen molar-refractivity contribution in [3.8, 4) is 0 Å². The summed E-state index contributed by atoms with van der Waals surface area (Å²) in [5.74, 6) is 0.902. The molecule has 1 N–H and O–H groups in total. The number of nitrogens with one attached hydrogen (secondary N) is 1. The number of hydrogen-bond acceptors (Lipinski definition) is 4. The number of hydrogen-bond donors (Lipinski definition) is 1. The molecular formula is C15H17N3OS. The van der Waals surface area contributed by atoms with Crippen LogP contribution in [-0.2, 0) is 0 Å². The van der Waals surface area contributed by atoms with Gasteiger partial charge in [0.15, 0.2) is 0 Å². The summed E-state index contributed by atoms with van der Waals surface area (Å²) in [6.45, 7) is 0.679. The number of carbonyl (C=O) groups is 1. The highest BCUT2D eigenvalue weighted by molar-refractivity contribution is 7.99. The van der Waals surface area contributed by atoms with Gasteiger partial charge in [-0.2, -0.15) is 0 Å². The van der Waals surface area contributed by atoms with Crippen LogP contribution in [0.4, 0.5) is 0 Å². The van der Waals surface area contributed by atoms with Crippen molar-refractivity contribution in [2.75, 3.05) is 12.3 Å². The molecule has 0 fully saturated rings. The molecule has 2 heterocycles. The highest BCUT2D eigenvalue weighted by atomic mass is 32.2. The third kappa shape index (κ3) is 5.01. The minimum Gasteiger partial charge on any atom is -0.351 e. The van der Waals surface area contributed by atoms with E-state index in [0.29, 0.717) is 12.2 Å². The lowest BCUT2D eigenvalue weighted by Gasteiger charge is -2.04. The Morgan fingerprint density at radius 1 is 1.05 bits per heavy atom. The van der Waals surface area contributed by atoms with Gasteiger partial charge in [-0.05, 0) is 42.9 Å². The summed E-state index contributed by atoms with van der Waals surface area (Å²) in [7, 11) is 0. The molecule has 104 valence electrons. The van der Waals surface area contributed by atoms with Gasteiger partial charge in [0, 0.05) is 18.9 Å². The third-order valence-electron chi connectivity index (χ3n) is 2.64. The number of nitrogens with zero attached hydrogens (tertiary/aromatic N) is 2. The minimum atomic E-state index is -0.108. The second kappa shape index (κ2) is 8.32. The van der Waals surface area contributed by atoms with Crippen LogP contribution in [0.3, 0.4) is 0 Å². The van der Waals surface area contributed by atoms with Crippen molar-refractivity contribution in [2.24, 2.45) is 0 Å². The molecule has 2 rings (SSSR count). The summed E-state index contributed by atoms with van der Waals surface area (Å²) in [5, 5.41) is 3.92. The van der Waals surface area contributed by atoms with Gasteiger partial charge in [0.1, 0.15) is 5.69 Å². The molecule has 0 spiro atoms. The maximum Gasteiger partial charge on any atom is 0.269 e. The van der Waals surface area contributed by atoms with Crippen molar-refractivity contribution in [3.05, 3.63) is 54.5 Å². The molecule has 2 aromatic heterocycles. The first-order valence-electron chi connectivity index (χ1n) is 6.59. The molecule has 20 heavy (non-hydrogen) atoms. The van der Waals surface area contributed by atoms with Crippen LogP contribution < -0.4 is 5.32 Å². The Hall–Kier alpha value is -1.88. The van der Waals surface area contributed by atoms with Crippen molar-refractivity contribution < 1.29 is 4.79 Å². The Morgan fingerprint density at radius 2 is 1.85 bits per heavy atom. The van der Waals surface area contributed by atoms with Gasteiger partial charge in [0.25, 0.3) is 5.91 Å². The molecule has 0 saturated carbocycles. The van der Waals surface area contributed by atoms with Crippen LogP contribution in [0.5, 0.6) is 0 Å². The molecule has 4 nitrogen and oxygen atoms in total. The Labute approximate surface area is 123 Å². The molecule has 0 aromatic carbocycles. The second-order valence-electron chi connectivity index (χ2n) is 4.19.